The fourth-order valence-electron chi connectivity index (χ4n) is 2.99. The van der Waals surface area contributed by atoms with Crippen LogP contribution >= 0.6 is 15.9 Å². The maximum Gasteiger partial charge on any atom is 0.0472 e. The van der Waals surface area contributed by atoms with Crippen molar-refractivity contribution in [2.24, 2.45) is 5.41 Å². The summed E-state index contributed by atoms with van der Waals surface area (Å²) in [5, 5.41) is 10.1. The van der Waals surface area contributed by atoms with Crippen molar-refractivity contribution < 1.29 is 9.84 Å². The lowest BCUT2D eigenvalue weighted by Crippen LogP contribution is -2.49. The van der Waals surface area contributed by atoms with Crippen LogP contribution in [0.1, 0.15) is 38.5 Å². The van der Waals surface area contributed by atoms with E-state index in [0.717, 1.165) is 37.6 Å². The van der Waals surface area contributed by atoms with Gasteiger partial charge in [0.15, 0.2) is 0 Å². The van der Waals surface area contributed by atoms with Gasteiger partial charge in [0.05, 0.1) is 0 Å². The number of aliphatic hydroxyl groups is 1. The minimum atomic E-state index is 0.313. The molecule has 1 saturated carbocycles. The Labute approximate surface area is 119 Å². The monoisotopic (exact) mass is 319 g/mol. The van der Waals surface area contributed by atoms with Gasteiger partial charge in [0.2, 0.25) is 0 Å². The lowest BCUT2D eigenvalue weighted by atomic mass is 9.80. The van der Waals surface area contributed by atoms with E-state index in [2.05, 4.69) is 20.8 Å². The second-order valence-corrected chi connectivity index (χ2v) is 6.44. The second kappa shape index (κ2) is 7.22. The zero-order valence-electron chi connectivity index (χ0n) is 11.2. The third-order valence-electron chi connectivity index (χ3n) is 4.57. The first-order chi connectivity index (χ1) is 8.79. The number of hydrogen-bond acceptors (Lipinski definition) is 3. The highest BCUT2D eigenvalue weighted by atomic mass is 79.9. The Bertz CT molecular complexity index is 240. The van der Waals surface area contributed by atoms with Crippen molar-refractivity contribution in [1.29, 1.82) is 0 Å². The number of aliphatic hydroxyl groups excluding tert-OH is 1. The molecule has 1 aliphatic carbocycles. The van der Waals surface area contributed by atoms with Crippen LogP contribution in [0.25, 0.3) is 0 Å². The van der Waals surface area contributed by atoms with E-state index in [4.69, 9.17) is 9.84 Å². The predicted octanol–water partition coefficient (Wildman–Crippen LogP) is 2.42. The zero-order valence-corrected chi connectivity index (χ0v) is 12.8. The number of rotatable bonds is 7. The highest BCUT2D eigenvalue weighted by Crippen LogP contribution is 2.36. The molecule has 1 N–H and O–H groups in total. The molecule has 3 nitrogen and oxygen atoms in total. The zero-order chi connectivity index (χ0) is 12.8. The molecule has 0 unspecified atom stereocenters. The summed E-state index contributed by atoms with van der Waals surface area (Å²) in [4.78, 5) is 2.63. The smallest absolute Gasteiger partial charge is 0.0472 e. The molecule has 2 fully saturated rings. The topological polar surface area (TPSA) is 32.7 Å². The molecule has 2 rings (SSSR count). The van der Waals surface area contributed by atoms with Gasteiger partial charge in [-0.2, -0.15) is 0 Å². The number of ether oxygens (including phenoxy) is 1. The highest BCUT2D eigenvalue weighted by molar-refractivity contribution is 9.09. The molecule has 2 aliphatic rings. The Hall–Kier alpha value is 0.360. The molecule has 0 atom stereocenters. The average Bonchev–Trinajstić information content (AvgIpc) is 2.35. The van der Waals surface area contributed by atoms with E-state index >= 15 is 0 Å². The molecule has 0 aromatic heterocycles. The normalized spacial score (nSPS) is 24.2. The largest absolute Gasteiger partial charge is 0.396 e. The molecule has 0 aromatic carbocycles. The summed E-state index contributed by atoms with van der Waals surface area (Å²) in [5.41, 5.74) is 0.392. The first kappa shape index (κ1) is 14.8. The summed E-state index contributed by atoms with van der Waals surface area (Å²) in [6.45, 7) is 4.35. The van der Waals surface area contributed by atoms with E-state index in [1.165, 1.54) is 38.6 Å². The van der Waals surface area contributed by atoms with Crippen molar-refractivity contribution in [1.82, 2.24) is 4.90 Å². The van der Waals surface area contributed by atoms with Gasteiger partial charge in [-0.1, -0.05) is 22.4 Å². The van der Waals surface area contributed by atoms with Gasteiger partial charge in [0.1, 0.15) is 0 Å². The third kappa shape index (κ3) is 3.69. The lowest BCUT2D eigenvalue weighted by molar-refractivity contribution is -0.00937. The molecule has 1 aliphatic heterocycles. The number of alkyl halides is 1. The summed E-state index contributed by atoms with van der Waals surface area (Å²) >= 11 is 3.72. The lowest BCUT2D eigenvalue weighted by Gasteiger charge is -2.45. The summed E-state index contributed by atoms with van der Waals surface area (Å²) in [6, 6.07) is 0.773. The van der Waals surface area contributed by atoms with E-state index in [1.807, 2.05) is 0 Å². The molecule has 0 radical (unpaired) electrons. The van der Waals surface area contributed by atoms with Crippen molar-refractivity contribution in [3.63, 3.8) is 0 Å². The summed E-state index contributed by atoms with van der Waals surface area (Å²) in [5.74, 6) is 0. The molecule has 18 heavy (non-hydrogen) atoms. The summed E-state index contributed by atoms with van der Waals surface area (Å²) in [7, 11) is 0. The van der Waals surface area contributed by atoms with Crippen molar-refractivity contribution in [3.8, 4) is 0 Å². The molecule has 0 spiro atoms. The van der Waals surface area contributed by atoms with Crippen LogP contribution in [0.4, 0.5) is 0 Å². The van der Waals surface area contributed by atoms with Gasteiger partial charge in [0.25, 0.3) is 0 Å². The average molecular weight is 320 g/mol. The van der Waals surface area contributed by atoms with E-state index in [0.29, 0.717) is 12.0 Å². The third-order valence-corrected chi connectivity index (χ3v) is 5.76. The van der Waals surface area contributed by atoms with Crippen molar-refractivity contribution >= 4 is 15.9 Å². The van der Waals surface area contributed by atoms with Gasteiger partial charge < -0.3 is 9.84 Å². The quantitative estimate of drug-likeness (QED) is 0.731. The summed E-state index contributed by atoms with van der Waals surface area (Å²) < 4.78 is 5.51. The van der Waals surface area contributed by atoms with E-state index in [9.17, 15) is 0 Å². The molecular weight excluding hydrogens is 294 g/mol. The fourth-order valence-corrected chi connectivity index (χ4v) is 3.72. The molecular formula is C14H26BrNO2. The number of halogens is 1. The second-order valence-electron chi connectivity index (χ2n) is 5.88. The molecule has 4 heteroatoms. The molecule has 0 aromatic rings. The SMILES string of the molecule is OCCCN(CC1(CBr)CCOCC1)C1CCC1. The minimum Gasteiger partial charge on any atom is -0.396 e. The summed E-state index contributed by atoms with van der Waals surface area (Å²) in [6.07, 6.45) is 7.32. The van der Waals surface area contributed by atoms with Crippen molar-refractivity contribution in [2.75, 3.05) is 38.2 Å². The van der Waals surface area contributed by atoms with Gasteiger partial charge in [-0.25, -0.2) is 0 Å². The molecule has 106 valence electrons. The Morgan fingerprint density at radius 2 is 2.00 bits per heavy atom. The van der Waals surface area contributed by atoms with Crippen LogP contribution < -0.4 is 0 Å². The van der Waals surface area contributed by atoms with Gasteiger partial charge in [-0.15, -0.1) is 0 Å². The van der Waals surface area contributed by atoms with Crippen LogP contribution in [-0.4, -0.2) is 54.3 Å². The van der Waals surface area contributed by atoms with Gasteiger partial charge >= 0.3 is 0 Å². The van der Waals surface area contributed by atoms with Crippen LogP contribution in [0.15, 0.2) is 0 Å². The maximum atomic E-state index is 9.06. The van der Waals surface area contributed by atoms with Crippen molar-refractivity contribution in [3.05, 3.63) is 0 Å². The first-order valence-electron chi connectivity index (χ1n) is 7.28. The van der Waals surface area contributed by atoms with Gasteiger partial charge in [-0.05, 0) is 37.5 Å². The van der Waals surface area contributed by atoms with Crippen LogP contribution in [0.2, 0.25) is 0 Å². The molecule has 1 heterocycles. The Morgan fingerprint density at radius 1 is 1.28 bits per heavy atom. The minimum absolute atomic E-state index is 0.313. The number of hydrogen-bond donors (Lipinski definition) is 1. The fraction of sp³-hybridized carbons (Fsp3) is 1.00. The Kier molecular flexibility index (Phi) is 5.93. The standard InChI is InChI=1S/C14H26BrNO2/c15-11-14(5-9-18-10-6-14)12-16(7-2-8-17)13-3-1-4-13/h13,17H,1-12H2. The predicted molar refractivity (Wildman–Crippen MR) is 77.2 cm³/mol. The maximum absolute atomic E-state index is 9.06. The molecule has 0 bridgehead atoms. The highest BCUT2D eigenvalue weighted by Gasteiger charge is 2.36. The van der Waals surface area contributed by atoms with Crippen LogP contribution in [0.5, 0.6) is 0 Å². The van der Waals surface area contributed by atoms with E-state index < -0.39 is 0 Å². The first-order valence-corrected chi connectivity index (χ1v) is 8.40. The van der Waals surface area contributed by atoms with Gasteiger partial charge in [-0.3, -0.25) is 4.90 Å². The van der Waals surface area contributed by atoms with Crippen LogP contribution in [0, 0.1) is 5.41 Å². The van der Waals surface area contributed by atoms with Crippen LogP contribution in [0.3, 0.4) is 0 Å². The molecule has 0 amide bonds. The van der Waals surface area contributed by atoms with Crippen molar-refractivity contribution in [2.45, 2.75) is 44.6 Å². The number of nitrogens with zero attached hydrogens (tertiary/aromatic N) is 1. The Balaban J connectivity index is 1.91. The van der Waals surface area contributed by atoms with Gasteiger partial charge in [0, 0.05) is 44.3 Å². The van der Waals surface area contributed by atoms with E-state index in [1.54, 1.807) is 0 Å². The Morgan fingerprint density at radius 3 is 2.50 bits per heavy atom. The van der Waals surface area contributed by atoms with Crippen LogP contribution in [-0.2, 0) is 4.74 Å². The van der Waals surface area contributed by atoms with E-state index in [-0.39, 0.29) is 0 Å². The molecule has 1 saturated heterocycles.